The van der Waals surface area contributed by atoms with Crippen LogP contribution in [0.1, 0.15) is 13.8 Å². The van der Waals surface area contributed by atoms with Crippen molar-refractivity contribution in [2.75, 3.05) is 30.9 Å². The molecule has 3 N–H and O–H groups in total. The van der Waals surface area contributed by atoms with Crippen LogP contribution in [0.2, 0.25) is 0 Å². The van der Waals surface area contributed by atoms with Crippen LogP contribution in [0.15, 0.2) is 0 Å². The second-order valence-electron chi connectivity index (χ2n) is 3.23. The molecule has 0 aromatic carbocycles. The molecule has 1 aromatic rings. The number of aromatic nitrogens is 3. The summed E-state index contributed by atoms with van der Waals surface area (Å²) >= 11 is 0. The van der Waals surface area contributed by atoms with Gasteiger partial charge in [-0.15, -0.1) is 0 Å². The maximum absolute atomic E-state index is 8.91. The number of hydrogen-bond donors (Lipinski definition) is 3. The van der Waals surface area contributed by atoms with Crippen molar-refractivity contribution in [1.29, 1.82) is 0 Å². The van der Waals surface area contributed by atoms with Crippen LogP contribution in [0.3, 0.4) is 0 Å². The van der Waals surface area contributed by atoms with Crippen molar-refractivity contribution < 1.29 is 9.84 Å². The average molecular weight is 227 g/mol. The molecule has 0 fully saturated rings. The van der Waals surface area contributed by atoms with Crippen molar-refractivity contribution in [3.8, 4) is 6.01 Å². The third-order valence-electron chi connectivity index (χ3n) is 1.78. The minimum absolute atomic E-state index is 0.00450. The third-order valence-corrected chi connectivity index (χ3v) is 1.78. The first-order chi connectivity index (χ1) is 7.69. The number of methoxy groups -OCH3 is 1. The number of aliphatic hydroxyl groups is 1. The van der Waals surface area contributed by atoms with E-state index < -0.39 is 0 Å². The Hall–Kier alpha value is -1.63. The van der Waals surface area contributed by atoms with Gasteiger partial charge in [0.15, 0.2) is 0 Å². The maximum Gasteiger partial charge on any atom is 0.322 e. The van der Waals surface area contributed by atoms with Crippen LogP contribution in [-0.4, -0.2) is 46.4 Å². The number of ether oxygens (including phenoxy) is 1. The molecule has 90 valence electrons. The topological polar surface area (TPSA) is 92.2 Å². The van der Waals surface area contributed by atoms with E-state index in [1.807, 2.05) is 13.8 Å². The van der Waals surface area contributed by atoms with Gasteiger partial charge in [0.05, 0.1) is 13.7 Å². The van der Waals surface area contributed by atoms with Crippen LogP contribution in [0, 0.1) is 0 Å². The molecule has 0 aliphatic carbocycles. The summed E-state index contributed by atoms with van der Waals surface area (Å²) in [6, 6.07) is 0.111. The zero-order valence-electron chi connectivity index (χ0n) is 9.69. The highest BCUT2D eigenvalue weighted by Gasteiger charge is 2.08. The van der Waals surface area contributed by atoms with Crippen LogP contribution in [0.4, 0.5) is 11.9 Å². The van der Waals surface area contributed by atoms with Crippen molar-refractivity contribution in [3.05, 3.63) is 0 Å². The third kappa shape index (κ3) is 3.50. The Morgan fingerprint density at radius 2 is 2.00 bits per heavy atom. The SMILES string of the molecule is CCNc1nc(NC(C)CO)nc(OC)n1. The Morgan fingerprint density at radius 1 is 1.31 bits per heavy atom. The van der Waals surface area contributed by atoms with Crippen LogP contribution < -0.4 is 15.4 Å². The molecule has 7 nitrogen and oxygen atoms in total. The van der Waals surface area contributed by atoms with Gasteiger partial charge in [-0.1, -0.05) is 0 Å². The monoisotopic (exact) mass is 227 g/mol. The largest absolute Gasteiger partial charge is 0.467 e. The smallest absolute Gasteiger partial charge is 0.322 e. The number of hydrogen-bond acceptors (Lipinski definition) is 7. The predicted molar refractivity (Wildman–Crippen MR) is 60.7 cm³/mol. The average Bonchev–Trinajstić information content (AvgIpc) is 2.29. The quantitative estimate of drug-likeness (QED) is 0.635. The summed E-state index contributed by atoms with van der Waals surface area (Å²) in [5.74, 6) is 0.825. The highest BCUT2D eigenvalue weighted by molar-refractivity contribution is 5.36. The van der Waals surface area contributed by atoms with Crippen LogP contribution >= 0.6 is 0 Å². The van der Waals surface area contributed by atoms with E-state index in [-0.39, 0.29) is 18.7 Å². The lowest BCUT2D eigenvalue weighted by Gasteiger charge is -2.12. The first-order valence-electron chi connectivity index (χ1n) is 5.11. The summed E-state index contributed by atoms with van der Waals surface area (Å²) in [5, 5.41) is 14.8. The molecule has 7 heteroatoms. The molecule has 0 saturated heterocycles. The Bertz CT molecular complexity index is 334. The van der Waals surface area contributed by atoms with Crippen molar-refractivity contribution >= 4 is 11.9 Å². The molecule has 0 bridgehead atoms. The molecule has 1 heterocycles. The van der Waals surface area contributed by atoms with Gasteiger partial charge >= 0.3 is 6.01 Å². The van der Waals surface area contributed by atoms with Crippen LogP contribution in [0.25, 0.3) is 0 Å². The van der Waals surface area contributed by atoms with Gasteiger partial charge in [-0.05, 0) is 13.8 Å². The minimum Gasteiger partial charge on any atom is -0.467 e. The fraction of sp³-hybridized carbons (Fsp3) is 0.667. The van der Waals surface area contributed by atoms with Crippen LogP contribution in [-0.2, 0) is 0 Å². The Labute approximate surface area is 94.3 Å². The van der Waals surface area contributed by atoms with Gasteiger partial charge in [-0.2, -0.15) is 15.0 Å². The Balaban J connectivity index is 2.85. The van der Waals surface area contributed by atoms with Gasteiger partial charge in [-0.25, -0.2) is 0 Å². The Kier molecular flexibility index (Phi) is 4.71. The summed E-state index contributed by atoms with van der Waals surface area (Å²) in [4.78, 5) is 12.2. The van der Waals surface area contributed by atoms with E-state index >= 15 is 0 Å². The normalized spacial score (nSPS) is 12.0. The zero-order chi connectivity index (χ0) is 12.0. The first kappa shape index (κ1) is 12.4. The van der Waals surface area contributed by atoms with E-state index in [0.29, 0.717) is 18.4 Å². The predicted octanol–water partition coefficient (Wildman–Crippen LogP) is 0.105. The van der Waals surface area contributed by atoms with Gasteiger partial charge < -0.3 is 20.5 Å². The second kappa shape index (κ2) is 6.06. The summed E-state index contributed by atoms with van der Waals surface area (Å²) in [6.45, 7) is 4.48. The van der Waals surface area contributed by atoms with E-state index in [4.69, 9.17) is 9.84 Å². The highest BCUT2D eigenvalue weighted by Crippen LogP contribution is 2.11. The van der Waals surface area contributed by atoms with Crippen molar-refractivity contribution in [1.82, 2.24) is 15.0 Å². The standard InChI is InChI=1S/C9H17N5O2/c1-4-10-7-12-8(11-6(2)5-15)14-9(13-7)16-3/h6,15H,4-5H2,1-3H3,(H2,10,11,12,13,14). The molecule has 0 aliphatic rings. The lowest BCUT2D eigenvalue weighted by molar-refractivity contribution is 0.280. The van der Waals surface area contributed by atoms with Gasteiger partial charge in [-0.3, -0.25) is 0 Å². The van der Waals surface area contributed by atoms with Gasteiger partial charge in [0, 0.05) is 12.6 Å². The van der Waals surface area contributed by atoms with E-state index in [0.717, 1.165) is 0 Å². The molecule has 1 rings (SSSR count). The van der Waals surface area contributed by atoms with Gasteiger partial charge in [0.2, 0.25) is 11.9 Å². The van der Waals surface area contributed by atoms with Crippen molar-refractivity contribution in [2.45, 2.75) is 19.9 Å². The van der Waals surface area contributed by atoms with Gasteiger partial charge in [0.25, 0.3) is 0 Å². The molecule has 0 saturated carbocycles. The summed E-state index contributed by atoms with van der Waals surface area (Å²) in [7, 11) is 1.49. The number of nitrogens with zero attached hydrogens (tertiary/aromatic N) is 3. The second-order valence-corrected chi connectivity index (χ2v) is 3.23. The molecule has 0 aliphatic heterocycles. The highest BCUT2D eigenvalue weighted by atomic mass is 16.5. The number of aliphatic hydroxyl groups excluding tert-OH is 1. The number of anilines is 2. The lowest BCUT2D eigenvalue weighted by Crippen LogP contribution is -2.21. The fourth-order valence-corrected chi connectivity index (χ4v) is 1.02. The number of rotatable bonds is 6. The molecular formula is C9H17N5O2. The molecule has 0 radical (unpaired) electrons. The molecule has 1 atom stereocenters. The molecule has 0 spiro atoms. The lowest BCUT2D eigenvalue weighted by atomic mass is 10.4. The molecular weight excluding hydrogens is 210 g/mol. The zero-order valence-corrected chi connectivity index (χ0v) is 9.69. The van der Waals surface area contributed by atoms with E-state index in [1.165, 1.54) is 7.11 Å². The number of nitrogens with one attached hydrogen (secondary N) is 2. The molecule has 16 heavy (non-hydrogen) atoms. The molecule has 0 amide bonds. The molecule has 1 aromatic heterocycles. The van der Waals surface area contributed by atoms with E-state index in [2.05, 4.69) is 25.6 Å². The Morgan fingerprint density at radius 3 is 2.56 bits per heavy atom. The molecule has 1 unspecified atom stereocenters. The van der Waals surface area contributed by atoms with E-state index in [9.17, 15) is 0 Å². The first-order valence-corrected chi connectivity index (χ1v) is 5.11. The van der Waals surface area contributed by atoms with E-state index in [1.54, 1.807) is 0 Å². The maximum atomic E-state index is 8.91. The fourth-order valence-electron chi connectivity index (χ4n) is 1.02. The summed E-state index contributed by atoms with van der Waals surface area (Å²) in [6.07, 6.45) is 0. The van der Waals surface area contributed by atoms with Crippen molar-refractivity contribution in [3.63, 3.8) is 0 Å². The van der Waals surface area contributed by atoms with Gasteiger partial charge in [0.1, 0.15) is 0 Å². The summed E-state index contributed by atoms with van der Waals surface area (Å²) in [5.41, 5.74) is 0. The van der Waals surface area contributed by atoms with Crippen LogP contribution in [0.5, 0.6) is 6.01 Å². The summed E-state index contributed by atoms with van der Waals surface area (Å²) < 4.78 is 4.95. The minimum atomic E-state index is -0.124. The van der Waals surface area contributed by atoms with Crippen molar-refractivity contribution in [2.24, 2.45) is 0 Å².